The number of carboxylic acid groups (broad SMARTS) is 1. The van der Waals surface area contributed by atoms with Gasteiger partial charge in [0.05, 0.1) is 0 Å². The summed E-state index contributed by atoms with van der Waals surface area (Å²) >= 11 is 0. The Morgan fingerprint density at radius 2 is 1.58 bits per heavy atom. The lowest BCUT2D eigenvalue weighted by Crippen LogP contribution is -2.50. The molecule has 0 spiro atoms. The third kappa shape index (κ3) is 4.91. The standard InChI is InChI=1S/C14H26O5/c1-5-9-18-11(13(16)17)12(15)14(7-3,8-4)19-10-6-2/h11H,5-10H2,1-4H3,(H,16,17). The lowest BCUT2D eigenvalue weighted by Gasteiger charge is -2.32. The van der Waals surface area contributed by atoms with Crippen molar-refractivity contribution < 1.29 is 24.2 Å². The van der Waals surface area contributed by atoms with E-state index in [0.29, 0.717) is 25.9 Å². The zero-order chi connectivity index (χ0) is 14.9. The zero-order valence-corrected chi connectivity index (χ0v) is 12.4. The Morgan fingerprint density at radius 3 is 1.95 bits per heavy atom. The molecule has 0 radical (unpaired) electrons. The molecule has 0 aliphatic heterocycles. The van der Waals surface area contributed by atoms with E-state index in [1.165, 1.54) is 0 Å². The number of hydrogen-bond donors (Lipinski definition) is 1. The van der Waals surface area contributed by atoms with Crippen LogP contribution >= 0.6 is 0 Å². The van der Waals surface area contributed by atoms with E-state index in [1.807, 2.05) is 27.7 Å². The molecule has 19 heavy (non-hydrogen) atoms. The van der Waals surface area contributed by atoms with Crippen LogP contribution in [0.1, 0.15) is 53.4 Å². The van der Waals surface area contributed by atoms with Crippen LogP contribution in [0.3, 0.4) is 0 Å². The number of hydrogen-bond acceptors (Lipinski definition) is 4. The van der Waals surface area contributed by atoms with E-state index in [9.17, 15) is 9.59 Å². The van der Waals surface area contributed by atoms with Crippen LogP contribution in [0.15, 0.2) is 0 Å². The minimum atomic E-state index is -1.43. The van der Waals surface area contributed by atoms with Gasteiger partial charge in [-0.25, -0.2) is 4.79 Å². The molecule has 1 N–H and O–H groups in total. The average molecular weight is 274 g/mol. The quantitative estimate of drug-likeness (QED) is 0.586. The Balaban J connectivity index is 5.06. The maximum absolute atomic E-state index is 12.4. The number of ketones is 1. The molecule has 1 atom stereocenters. The summed E-state index contributed by atoms with van der Waals surface area (Å²) in [6, 6.07) is 0. The van der Waals surface area contributed by atoms with Crippen LogP contribution < -0.4 is 0 Å². The molecule has 0 aromatic rings. The molecule has 0 aromatic heterocycles. The summed E-state index contributed by atoms with van der Waals surface area (Å²) in [7, 11) is 0. The van der Waals surface area contributed by atoms with Crippen molar-refractivity contribution >= 4 is 11.8 Å². The van der Waals surface area contributed by atoms with Gasteiger partial charge in [-0.15, -0.1) is 0 Å². The number of Topliss-reactive ketones (excluding diaryl/α,β-unsaturated/α-hetero) is 1. The molecular weight excluding hydrogens is 248 g/mol. The first-order valence-corrected chi connectivity index (χ1v) is 7.01. The van der Waals surface area contributed by atoms with Crippen molar-refractivity contribution in [2.45, 2.75) is 65.1 Å². The van der Waals surface area contributed by atoms with Gasteiger partial charge in [-0.2, -0.15) is 0 Å². The van der Waals surface area contributed by atoms with Gasteiger partial charge in [0, 0.05) is 13.2 Å². The molecule has 0 aliphatic carbocycles. The maximum Gasteiger partial charge on any atom is 0.340 e. The number of carbonyl (C=O) groups is 2. The molecule has 112 valence electrons. The third-order valence-corrected chi connectivity index (χ3v) is 3.12. The molecule has 5 nitrogen and oxygen atoms in total. The predicted molar refractivity (Wildman–Crippen MR) is 72.2 cm³/mol. The lowest BCUT2D eigenvalue weighted by molar-refractivity contribution is -0.170. The van der Waals surface area contributed by atoms with E-state index in [-0.39, 0.29) is 6.61 Å². The highest BCUT2D eigenvalue weighted by Gasteiger charge is 2.43. The fraction of sp³-hybridized carbons (Fsp3) is 0.857. The summed E-state index contributed by atoms with van der Waals surface area (Å²) in [6.07, 6.45) is 0.904. The molecule has 0 aromatic carbocycles. The lowest BCUT2D eigenvalue weighted by atomic mass is 9.88. The molecule has 0 heterocycles. The Morgan fingerprint density at radius 1 is 1.05 bits per heavy atom. The van der Waals surface area contributed by atoms with E-state index in [1.54, 1.807) is 0 Å². The average Bonchev–Trinajstić information content (AvgIpc) is 2.40. The van der Waals surface area contributed by atoms with Crippen LogP contribution in [0, 0.1) is 0 Å². The highest BCUT2D eigenvalue weighted by atomic mass is 16.5. The van der Waals surface area contributed by atoms with E-state index in [4.69, 9.17) is 14.6 Å². The van der Waals surface area contributed by atoms with Gasteiger partial charge >= 0.3 is 5.97 Å². The molecule has 5 heteroatoms. The Kier molecular flexibility index (Phi) is 8.59. The normalized spacial score (nSPS) is 13.3. The Hall–Kier alpha value is -0.940. The molecule has 1 unspecified atom stereocenters. The second-order valence-electron chi connectivity index (χ2n) is 4.50. The first-order chi connectivity index (χ1) is 8.98. The van der Waals surface area contributed by atoms with Gasteiger partial charge in [-0.1, -0.05) is 27.7 Å². The second-order valence-corrected chi connectivity index (χ2v) is 4.50. The van der Waals surface area contributed by atoms with E-state index < -0.39 is 23.5 Å². The van der Waals surface area contributed by atoms with Gasteiger partial charge < -0.3 is 14.6 Å². The number of carboxylic acids is 1. The first-order valence-electron chi connectivity index (χ1n) is 7.01. The molecule has 0 fully saturated rings. The van der Waals surface area contributed by atoms with Crippen LogP contribution in [0.5, 0.6) is 0 Å². The number of rotatable bonds is 11. The van der Waals surface area contributed by atoms with Gasteiger partial charge in [0.15, 0.2) is 0 Å². The summed E-state index contributed by atoms with van der Waals surface area (Å²) in [5, 5.41) is 9.15. The Labute approximate surface area is 115 Å². The van der Waals surface area contributed by atoms with Crippen molar-refractivity contribution in [3.8, 4) is 0 Å². The summed E-state index contributed by atoms with van der Waals surface area (Å²) in [5.74, 6) is -1.73. The summed E-state index contributed by atoms with van der Waals surface area (Å²) in [6.45, 7) is 8.16. The fourth-order valence-corrected chi connectivity index (χ4v) is 1.90. The van der Waals surface area contributed by atoms with E-state index >= 15 is 0 Å². The van der Waals surface area contributed by atoms with Crippen molar-refractivity contribution in [1.29, 1.82) is 0 Å². The summed E-state index contributed by atoms with van der Waals surface area (Å²) in [5.41, 5.74) is -1.05. The van der Waals surface area contributed by atoms with Crippen LogP contribution in [0.4, 0.5) is 0 Å². The molecule has 0 rings (SSSR count). The van der Waals surface area contributed by atoms with Crippen molar-refractivity contribution in [2.75, 3.05) is 13.2 Å². The minimum Gasteiger partial charge on any atom is -0.479 e. The second kappa shape index (κ2) is 9.04. The van der Waals surface area contributed by atoms with Crippen LogP contribution in [-0.2, 0) is 19.1 Å². The molecular formula is C14H26O5. The predicted octanol–water partition coefficient (Wildman–Crippen LogP) is 2.42. The highest BCUT2D eigenvalue weighted by molar-refractivity contribution is 6.05. The minimum absolute atomic E-state index is 0.250. The molecule has 0 saturated carbocycles. The van der Waals surface area contributed by atoms with Gasteiger partial charge in [-0.3, -0.25) is 4.79 Å². The topological polar surface area (TPSA) is 72.8 Å². The molecule has 0 aliphatic rings. The van der Waals surface area contributed by atoms with Crippen molar-refractivity contribution in [1.82, 2.24) is 0 Å². The highest BCUT2D eigenvalue weighted by Crippen LogP contribution is 2.25. The number of aliphatic carboxylic acids is 1. The molecule has 0 amide bonds. The van der Waals surface area contributed by atoms with Gasteiger partial charge in [0.1, 0.15) is 5.60 Å². The van der Waals surface area contributed by atoms with Gasteiger partial charge in [0.25, 0.3) is 0 Å². The smallest absolute Gasteiger partial charge is 0.340 e. The molecule has 0 saturated heterocycles. The first kappa shape index (κ1) is 18.1. The maximum atomic E-state index is 12.4. The van der Waals surface area contributed by atoms with Crippen LogP contribution in [0.2, 0.25) is 0 Å². The number of ether oxygens (including phenoxy) is 2. The van der Waals surface area contributed by atoms with Crippen molar-refractivity contribution in [3.63, 3.8) is 0 Å². The third-order valence-electron chi connectivity index (χ3n) is 3.12. The summed E-state index contributed by atoms with van der Waals surface area (Å²) in [4.78, 5) is 23.6. The monoisotopic (exact) mass is 274 g/mol. The Bertz CT molecular complexity index is 284. The fourth-order valence-electron chi connectivity index (χ4n) is 1.90. The SMILES string of the molecule is CCCOC(C(=O)O)C(=O)C(CC)(CC)OCCC. The number of carbonyl (C=O) groups excluding carboxylic acids is 1. The summed E-state index contributed by atoms with van der Waals surface area (Å²) < 4.78 is 10.8. The van der Waals surface area contributed by atoms with Crippen molar-refractivity contribution in [3.05, 3.63) is 0 Å². The van der Waals surface area contributed by atoms with Gasteiger partial charge in [0.2, 0.25) is 11.9 Å². The molecule has 0 bridgehead atoms. The van der Waals surface area contributed by atoms with E-state index in [0.717, 1.165) is 6.42 Å². The van der Waals surface area contributed by atoms with E-state index in [2.05, 4.69) is 0 Å². The zero-order valence-electron chi connectivity index (χ0n) is 12.4. The van der Waals surface area contributed by atoms with Crippen LogP contribution in [-0.4, -0.2) is 41.8 Å². The largest absolute Gasteiger partial charge is 0.479 e. The van der Waals surface area contributed by atoms with Crippen LogP contribution in [0.25, 0.3) is 0 Å². The van der Waals surface area contributed by atoms with Gasteiger partial charge in [-0.05, 0) is 25.7 Å². The van der Waals surface area contributed by atoms with Crippen molar-refractivity contribution in [2.24, 2.45) is 0 Å².